The molecule has 1 heterocycles. The topological polar surface area (TPSA) is 77.1 Å². The first-order valence-corrected chi connectivity index (χ1v) is 4.90. The Morgan fingerprint density at radius 3 is 2.75 bits per heavy atom. The van der Waals surface area contributed by atoms with Gasteiger partial charge in [0, 0.05) is 26.0 Å². The molecule has 0 aliphatic rings. The van der Waals surface area contributed by atoms with Gasteiger partial charge in [0.2, 0.25) is 0 Å². The third-order valence-corrected chi connectivity index (χ3v) is 1.92. The smallest absolute Gasteiger partial charge is 0.274 e. The predicted molar refractivity (Wildman–Crippen MR) is 45.4 cm³/mol. The molecule has 0 saturated heterocycles. The van der Waals surface area contributed by atoms with Crippen LogP contribution in [0.25, 0.3) is 0 Å². The molecule has 0 spiro atoms. The van der Waals surface area contributed by atoms with Crippen molar-refractivity contribution >= 4 is 10.2 Å². The lowest BCUT2D eigenvalue weighted by Crippen LogP contribution is -2.30. The van der Waals surface area contributed by atoms with Crippen molar-refractivity contribution in [1.82, 2.24) is 9.29 Å². The van der Waals surface area contributed by atoms with Crippen LogP contribution < -0.4 is 9.86 Å². The Bertz CT molecular complexity index is 355. The standard InChI is InChI=1S/C6H11N3O2S/c1-9-3-2-6(5-9)4-8-12(7,10)11/h2-3,5,8H,4H2,1H3,(H2,7,10,11). The van der Waals surface area contributed by atoms with Crippen molar-refractivity contribution in [3.8, 4) is 0 Å². The van der Waals surface area contributed by atoms with Crippen molar-refractivity contribution in [3.05, 3.63) is 24.0 Å². The van der Waals surface area contributed by atoms with Gasteiger partial charge in [0.15, 0.2) is 0 Å². The van der Waals surface area contributed by atoms with Gasteiger partial charge >= 0.3 is 0 Å². The van der Waals surface area contributed by atoms with E-state index in [4.69, 9.17) is 5.14 Å². The Morgan fingerprint density at radius 1 is 1.67 bits per heavy atom. The zero-order chi connectivity index (χ0) is 9.19. The zero-order valence-electron chi connectivity index (χ0n) is 6.69. The SMILES string of the molecule is Cn1ccc(CNS(N)(=O)=O)c1. The van der Waals surface area contributed by atoms with Crippen LogP contribution in [-0.2, 0) is 23.8 Å². The molecule has 1 aromatic rings. The van der Waals surface area contributed by atoms with E-state index in [0.29, 0.717) is 0 Å². The first kappa shape index (κ1) is 9.24. The Hall–Kier alpha value is -0.850. The molecule has 1 aromatic heterocycles. The minimum Gasteiger partial charge on any atom is -0.357 e. The number of aryl methyl sites for hydroxylation is 1. The van der Waals surface area contributed by atoms with Crippen LogP contribution in [0.5, 0.6) is 0 Å². The molecule has 0 aliphatic heterocycles. The molecule has 0 unspecified atom stereocenters. The second-order valence-corrected chi connectivity index (χ2v) is 3.93. The summed E-state index contributed by atoms with van der Waals surface area (Å²) in [5.41, 5.74) is 0.881. The molecular formula is C6H11N3O2S. The van der Waals surface area contributed by atoms with Crippen LogP contribution in [0, 0.1) is 0 Å². The number of nitrogens with zero attached hydrogens (tertiary/aromatic N) is 1. The van der Waals surface area contributed by atoms with Crippen molar-refractivity contribution in [2.45, 2.75) is 6.54 Å². The molecule has 0 bridgehead atoms. The minimum atomic E-state index is -3.57. The molecular weight excluding hydrogens is 178 g/mol. The lowest BCUT2D eigenvalue weighted by atomic mass is 10.4. The van der Waals surface area contributed by atoms with Gasteiger partial charge in [-0.05, 0) is 11.6 Å². The van der Waals surface area contributed by atoms with Crippen molar-refractivity contribution in [2.75, 3.05) is 0 Å². The van der Waals surface area contributed by atoms with Gasteiger partial charge in [-0.3, -0.25) is 0 Å². The Kier molecular flexibility index (Phi) is 2.51. The summed E-state index contributed by atoms with van der Waals surface area (Å²) < 4.78 is 25.0. The molecule has 0 fully saturated rings. The van der Waals surface area contributed by atoms with Crippen molar-refractivity contribution in [3.63, 3.8) is 0 Å². The van der Waals surface area contributed by atoms with Gasteiger partial charge < -0.3 is 4.57 Å². The van der Waals surface area contributed by atoms with Gasteiger partial charge in [-0.2, -0.15) is 13.1 Å². The third kappa shape index (κ3) is 3.04. The van der Waals surface area contributed by atoms with Gasteiger partial charge in [-0.25, -0.2) is 5.14 Å². The van der Waals surface area contributed by atoms with E-state index in [1.54, 1.807) is 0 Å². The summed E-state index contributed by atoms with van der Waals surface area (Å²) in [6.45, 7) is 0.236. The van der Waals surface area contributed by atoms with E-state index < -0.39 is 10.2 Å². The van der Waals surface area contributed by atoms with Crippen LogP contribution in [0.4, 0.5) is 0 Å². The number of hydrogen-bond donors (Lipinski definition) is 2. The lowest BCUT2D eigenvalue weighted by molar-refractivity contribution is 0.583. The second-order valence-electron chi connectivity index (χ2n) is 2.55. The maximum atomic E-state index is 10.5. The van der Waals surface area contributed by atoms with E-state index in [1.807, 2.05) is 30.1 Å². The molecule has 68 valence electrons. The van der Waals surface area contributed by atoms with Crippen LogP contribution in [0.15, 0.2) is 18.5 Å². The highest BCUT2D eigenvalue weighted by molar-refractivity contribution is 7.87. The molecule has 12 heavy (non-hydrogen) atoms. The van der Waals surface area contributed by atoms with E-state index in [9.17, 15) is 8.42 Å². The van der Waals surface area contributed by atoms with Crippen LogP contribution in [-0.4, -0.2) is 13.0 Å². The zero-order valence-corrected chi connectivity index (χ0v) is 7.50. The van der Waals surface area contributed by atoms with Gasteiger partial charge in [0.25, 0.3) is 10.2 Å². The molecule has 0 radical (unpaired) electrons. The van der Waals surface area contributed by atoms with Gasteiger partial charge in [0.05, 0.1) is 0 Å². The van der Waals surface area contributed by atoms with E-state index in [1.165, 1.54) is 0 Å². The van der Waals surface area contributed by atoms with E-state index in [2.05, 4.69) is 4.72 Å². The van der Waals surface area contributed by atoms with Gasteiger partial charge in [0.1, 0.15) is 0 Å². The summed E-state index contributed by atoms with van der Waals surface area (Å²) >= 11 is 0. The normalized spacial score (nSPS) is 11.8. The Balaban J connectivity index is 2.55. The summed E-state index contributed by atoms with van der Waals surface area (Å²) in [5, 5.41) is 4.74. The molecule has 3 N–H and O–H groups in total. The molecule has 0 aromatic carbocycles. The lowest BCUT2D eigenvalue weighted by Gasteiger charge is -1.97. The first-order valence-electron chi connectivity index (χ1n) is 3.35. The Morgan fingerprint density at radius 2 is 2.33 bits per heavy atom. The minimum absolute atomic E-state index is 0.236. The number of hydrogen-bond acceptors (Lipinski definition) is 2. The fraction of sp³-hybridized carbons (Fsp3) is 0.333. The maximum Gasteiger partial charge on any atom is 0.274 e. The van der Waals surface area contributed by atoms with Crippen LogP contribution in [0.2, 0.25) is 0 Å². The molecule has 0 saturated carbocycles. The summed E-state index contributed by atoms with van der Waals surface area (Å²) in [4.78, 5) is 0. The average Bonchev–Trinajstić information content (AvgIpc) is 2.30. The predicted octanol–water partition coefficient (Wildman–Crippen LogP) is -0.682. The van der Waals surface area contributed by atoms with Gasteiger partial charge in [-0.1, -0.05) is 0 Å². The number of rotatable bonds is 3. The summed E-state index contributed by atoms with van der Waals surface area (Å²) in [6, 6.07) is 1.82. The highest BCUT2D eigenvalue weighted by atomic mass is 32.2. The third-order valence-electron chi connectivity index (χ3n) is 1.37. The van der Waals surface area contributed by atoms with Gasteiger partial charge in [-0.15, -0.1) is 0 Å². The Labute approximate surface area is 71.4 Å². The van der Waals surface area contributed by atoms with Crippen molar-refractivity contribution in [1.29, 1.82) is 0 Å². The molecule has 0 atom stereocenters. The number of nitrogens with one attached hydrogen (secondary N) is 1. The summed E-state index contributed by atoms with van der Waals surface area (Å²) in [7, 11) is -1.71. The van der Waals surface area contributed by atoms with Crippen molar-refractivity contribution in [2.24, 2.45) is 12.2 Å². The monoisotopic (exact) mass is 189 g/mol. The quantitative estimate of drug-likeness (QED) is 0.660. The first-order chi connectivity index (χ1) is 5.47. The average molecular weight is 189 g/mol. The molecule has 5 nitrogen and oxygen atoms in total. The molecule has 0 amide bonds. The van der Waals surface area contributed by atoms with Crippen LogP contribution >= 0.6 is 0 Å². The van der Waals surface area contributed by atoms with E-state index >= 15 is 0 Å². The highest BCUT2D eigenvalue weighted by Crippen LogP contribution is 1.98. The molecule has 0 aliphatic carbocycles. The second kappa shape index (κ2) is 3.26. The van der Waals surface area contributed by atoms with E-state index in [-0.39, 0.29) is 6.54 Å². The van der Waals surface area contributed by atoms with Crippen molar-refractivity contribution < 1.29 is 8.42 Å². The fourth-order valence-electron chi connectivity index (χ4n) is 0.849. The van der Waals surface area contributed by atoms with Crippen LogP contribution in [0.3, 0.4) is 0 Å². The molecule has 1 rings (SSSR count). The highest BCUT2D eigenvalue weighted by Gasteiger charge is 2.01. The number of aromatic nitrogens is 1. The number of nitrogens with two attached hydrogens (primary N) is 1. The maximum absolute atomic E-state index is 10.5. The summed E-state index contributed by atoms with van der Waals surface area (Å²) in [6.07, 6.45) is 3.65. The van der Waals surface area contributed by atoms with Crippen LogP contribution in [0.1, 0.15) is 5.56 Å². The van der Waals surface area contributed by atoms with E-state index in [0.717, 1.165) is 5.56 Å². The largest absolute Gasteiger partial charge is 0.357 e. The fourth-order valence-corrected chi connectivity index (χ4v) is 1.22. The molecule has 6 heteroatoms. The summed E-state index contributed by atoms with van der Waals surface area (Å²) in [5.74, 6) is 0.